The summed E-state index contributed by atoms with van der Waals surface area (Å²) in [5.41, 5.74) is 4.04. The van der Waals surface area contributed by atoms with Crippen LogP contribution in [0.3, 0.4) is 0 Å². The first kappa shape index (κ1) is 30.8. The Labute approximate surface area is 258 Å². The van der Waals surface area contributed by atoms with E-state index in [0.717, 1.165) is 56.0 Å². The number of nitrogens with zero attached hydrogens (tertiary/aromatic N) is 5. The van der Waals surface area contributed by atoms with Crippen LogP contribution in [0.2, 0.25) is 10.2 Å². The maximum atomic E-state index is 13.8. The molecule has 0 bridgehead atoms. The maximum Gasteiger partial charge on any atom is 0.255 e. The fourth-order valence-corrected chi connectivity index (χ4v) is 7.40. The Morgan fingerprint density at radius 1 is 0.929 bits per heavy atom. The van der Waals surface area contributed by atoms with Crippen molar-refractivity contribution in [2.45, 2.75) is 47.0 Å². The topological polar surface area (TPSA) is 77.1 Å². The van der Waals surface area contributed by atoms with Crippen LogP contribution < -0.4 is 4.90 Å². The first-order valence-corrected chi connectivity index (χ1v) is 15.8. The molecule has 1 aromatic heterocycles. The highest BCUT2D eigenvalue weighted by atomic mass is 35.5. The first-order valence-electron chi connectivity index (χ1n) is 15.0. The van der Waals surface area contributed by atoms with E-state index in [-0.39, 0.29) is 23.6 Å². The van der Waals surface area contributed by atoms with Crippen molar-refractivity contribution in [2.24, 2.45) is 17.8 Å². The molecular weight excluding hydrogens is 573 g/mol. The zero-order valence-corrected chi connectivity index (χ0v) is 26.5. The van der Waals surface area contributed by atoms with Gasteiger partial charge < -0.3 is 19.6 Å². The first-order chi connectivity index (χ1) is 20.0. The van der Waals surface area contributed by atoms with Crippen molar-refractivity contribution in [2.75, 3.05) is 57.3 Å². The normalized spacial score (nSPS) is 21.1. The summed E-state index contributed by atoms with van der Waals surface area (Å²) in [5, 5.41) is 1.07. The zero-order valence-electron chi connectivity index (χ0n) is 25.0. The highest BCUT2D eigenvalue weighted by molar-refractivity contribution is 6.31. The molecule has 0 N–H and O–H groups in total. The molecule has 4 heterocycles. The van der Waals surface area contributed by atoms with Gasteiger partial charge in [0.25, 0.3) is 5.91 Å². The summed E-state index contributed by atoms with van der Waals surface area (Å²) in [7, 11) is 0. The van der Waals surface area contributed by atoms with Gasteiger partial charge in [0.2, 0.25) is 11.8 Å². The molecule has 0 aliphatic carbocycles. The number of carbonyl (C=O) groups excluding carboxylic acids is 3. The highest BCUT2D eigenvalue weighted by Crippen LogP contribution is 2.33. The molecule has 10 heteroatoms. The van der Waals surface area contributed by atoms with Gasteiger partial charge in [0.15, 0.2) is 0 Å². The molecule has 3 aliphatic heterocycles. The average Bonchev–Trinajstić information content (AvgIpc) is 3.51. The van der Waals surface area contributed by atoms with Crippen LogP contribution in [-0.4, -0.2) is 89.8 Å². The lowest BCUT2D eigenvalue weighted by molar-refractivity contribution is -0.133. The molecule has 42 heavy (non-hydrogen) atoms. The van der Waals surface area contributed by atoms with E-state index in [9.17, 15) is 14.4 Å². The molecule has 5 rings (SSSR count). The molecule has 2 atom stereocenters. The van der Waals surface area contributed by atoms with Crippen molar-refractivity contribution in [1.29, 1.82) is 0 Å². The number of aromatic nitrogens is 1. The fraction of sp³-hybridized carbons (Fsp3) is 0.562. The Morgan fingerprint density at radius 2 is 1.60 bits per heavy atom. The van der Waals surface area contributed by atoms with Gasteiger partial charge in [0.05, 0.1) is 11.3 Å². The number of carbonyl (C=O) groups is 3. The van der Waals surface area contributed by atoms with Crippen molar-refractivity contribution in [3.05, 3.63) is 56.8 Å². The summed E-state index contributed by atoms with van der Waals surface area (Å²) in [6.07, 6.45) is 2.22. The molecule has 2 unspecified atom stereocenters. The Hall–Kier alpha value is -2.68. The van der Waals surface area contributed by atoms with Crippen LogP contribution in [0.5, 0.6) is 0 Å². The van der Waals surface area contributed by atoms with E-state index in [1.54, 1.807) is 13.0 Å². The lowest BCUT2D eigenvalue weighted by Crippen LogP contribution is -2.44. The molecule has 3 aliphatic rings. The number of piperidine rings is 1. The van der Waals surface area contributed by atoms with Crippen molar-refractivity contribution < 1.29 is 14.4 Å². The third-order valence-corrected chi connectivity index (χ3v) is 9.91. The average molecular weight is 615 g/mol. The summed E-state index contributed by atoms with van der Waals surface area (Å²) in [6, 6.07) is 7.60. The van der Waals surface area contributed by atoms with Crippen LogP contribution in [0, 0.1) is 38.5 Å². The number of amides is 3. The third kappa shape index (κ3) is 6.61. The number of aryl methyl sites for hydroxylation is 3. The monoisotopic (exact) mass is 613 g/mol. The number of likely N-dealkylation sites (tertiary alicyclic amines) is 3. The fourth-order valence-electron chi connectivity index (χ4n) is 6.94. The lowest BCUT2D eigenvalue weighted by Gasteiger charge is -2.34. The van der Waals surface area contributed by atoms with E-state index in [4.69, 9.17) is 23.2 Å². The summed E-state index contributed by atoms with van der Waals surface area (Å²) >= 11 is 12.5. The number of pyridine rings is 1. The number of fused-ring (bicyclic) bond motifs is 1. The minimum Gasteiger partial charge on any atom is -0.343 e. The zero-order chi connectivity index (χ0) is 30.1. The quantitative estimate of drug-likeness (QED) is 0.411. The number of halogens is 2. The minimum absolute atomic E-state index is 0.0511. The van der Waals surface area contributed by atoms with E-state index in [2.05, 4.69) is 9.88 Å². The Bertz CT molecular complexity index is 1320. The Balaban J connectivity index is 1.17. The van der Waals surface area contributed by atoms with Crippen LogP contribution in [0.15, 0.2) is 24.3 Å². The van der Waals surface area contributed by atoms with Gasteiger partial charge in [0, 0.05) is 69.4 Å². The molecule has 0 radical (unpaired) electrons. The molecule has 2 aromatic rings. The van der Waals surface area contributed by atoms with Gasteiger partial charge in [-0.2, -0.15) is 0 Å². The lowest BCUT2D eigenvalue weighted by atomic mass is 9.94. The van der Waals surface area contributed by atoms with Crippen LogP contribution in [0.25, 0.3) is 0 Å². The summed E-state index contributed by atoms with van der Waals surface area (Å²) < 4.78 is 0. The number of anilines is 1. The van der Waals surface area contributed by atoms with Gasteiger partial charge in [-0.3, -0.25) is 14.4 Å². The molecule has 8 nitrogen and oxygen atoms in total. The van der Waals surface area contributed by atoms with Gasteiger partial charge in [-0.15, -0.1) is 0 Å². The summed E-state index contributed by atoms with van der Waals surface area (Å²) in [5.74, 6) is 1.05. The van der Waals surface area contributed by atoms with Crippen LogP contribution >= 0.6 is 23.2 Å². The SMILES string of the molecule is CC(=O)N1CCC(C(=O)N(CCCN2CC3CN(C(=O)c4c(C)cc(Cl)nc4C)CC3C2)c2ccc(C)c(Cl)c2)CC1. The smallest absolute Gasteiger partial charge is 0.255 e. The summed E-state index contributed by atoms with van der Waals surface area (Å²) in [4.78, 5) is 51.4. The molecule has 0 saturated carbocycles. The van der Waals surface area contributed by atoms with Gasteiger partial charge >= 0.3 is 0 Å². The molecular formula is C32H41Cl2N5O3. The molecule has 3 amide bonds. The predicted octanol–water partition coefficient (Wildman–Crippen LogP) is 5.00. The van der Waals surface area contributed by atoms with Gasteiger partial charge in [-0.25, -0.2) is 4.98 Å². The molecule has 1 aromatic carbocycles. The molecule has 226 valence electrons. The predicted molar refractivity (Wildman–Crippen MR) is 166 cm³/mol. The van der Waals surface area contributed by atoms with Crippen LogP contribution in [0.4, 0.5) is 5.69 Å². The number of hydrogen-bond acceptors (Lipinski definition) is 5. The minimum atomic E-state index is -0.0987. The van der Waals surface area contributed by atoms with Gasteiger partial charge in [-0.05, 0) is 87.7 Å². The second-order valence-corrected chi connectivity index (χ2v) is 13.1. The molecule has 3 fully saturated rings. The second-order valence-electron chi connectivity index (χ2n) is 12.3. The van der Waals surface area contributed by atoms with Gasteiger partial charge in [0.1, 0.15) is 5.15 Å². The van der Waals surface area contributed by atoms with E-state index >= 15 is 0 Å². The number of hydrogen-bond donors (Lipinski definition) is 0. The standard InChI is InChI=1S/C32H41Cl2N5O3/c1-20-6-7-27(15-28(20)33)39(31(41)24-8-12-37(13-9-24)23(4)40)11-5-10-36-16-25-18-38(19-26(25)17-36)32(42)30-21(2)14-29(34)35-22(30)3/h6-7,14-15,24-26H,5,8-13,16-19H2,1-4H3. The van der Waals surface area contributed by atoms with E-state index in [1.807, 2.05) is 53.7 Å². The molecule has 0 spiro atoms. The second kappa shape index (κ2) is 12.9. The van der Waals surface area contributed by atoms with Crippen LogP contribution in [0.1, 0.15) is 53.4 Å². The van der Waals surface area contributed by atoms with Gasteiger partial charge in [-0.1, -0.05) is 29.3 Å². The van der Waals surface area contributed by atoms with E-state index in [1.165, 1.54) is 0 Å². The van der Waals surface area contributed by atoms with Crippen molar-refractivity contribution in [3.8, 4) is 0 Å². The van der Waals surface area contributed by atoms with Crippen molar-refractivity contribution in [3.63, 3.8) is 0 Å². The molecule has 3 saturated heterocycles. The van der Waals surface area contributed by atoms with Crippen LogP contribution in [-0.2, 0) is 9.59 Å². The van der Waals surface area contributed by atoms with E-state index in [0.29, 0.717) is 65.7 Å². The van der Waals surface area contributed by atoms with Crippen molar-refractivity contribution >= 4 is 46.6 Å². The van der Waals surface area contributed by atoms with E-state index < -0.39 is 0 Å². The largest absolute Gasteiger partial charge is 0.343 e. The van der Waals surface area contributed by atoms with Crippen molar-refractivity contribution in [1.82, 2.24) is 19.7 Å². The Kier molecular flexibility index (Phi) is 9.45. The Morgan fingerprint density at radius 3 is 2.19 bits per heavy atom. The maximum absolute atomic E-state index is 13.8. The third-order valence-electron chi connectivity index (χ3n) is 9.31. The number of benzene rings is 1. The summed E-state index contributed by atoms with van der Waals surface area (Å²) in [6.45, 7) is 13.5. The number of rotatable bonds is 7. The highest BCUT2D eigenvalue weighted by Gasteiger charge is 2.42.